The van der Waals surface area contributed by atoms with E-state index in [1.54, 1.807) is 11.8 Å². The first-order valence-corrected chi connectivity index (χ1v) is 6.49. The van der Waals surface area contributed by atoms with Crippen LogP contribution in [0.1, 0.15) is 19.3 Å². The molecule has 1 atom stereocenters. The van der Waals surface area contributed by atoms with Gasteiger partial charge in [0.05, 0.1) is 25.8 Å². The quantitative estimate of drug-likeness (QED) is 0.862. The van der Waals surface area contributed by atoms with E-state index in [4.69, 9.17) is 4.74 Å². The average molecular weight is 288 g/mol. The van der Waals surface area contributed by atoms with Gasteiger partial charge in [0.15, 0.2) is 0 Å². The van der Waals surface area contributed by atoms with Crippen molar-refractivity contribution >= 4 is 5.91 Å². The van der Waals surface area contributed by atoms with Gasteiger partial charge in [0, 0.05) is 25.5 Å². The monoisotopic (exact) mass is 288 g/mol. The van der Waals surface area contributed by atoms with Gasteiger partial charge in [0.1, 0.15) is 5.82 Å². The van der Waals surface area contributed by atoms with Gasteiger partial charge in [-0.3, -0.25) is 14.7 Å². The van der Waals surface area contributed by atoms with E-state index in [2.05, 4.69) is 10.3 Å². The Morgan fingerprint density at radius 3 is 2.85 bits per heavy atom. The number of amides is 1. The Kier molecular flexibility index (Phi) is 5.02. The lowest BCUT2D eigenvalue weighted by atomic mass is 10.2. The largest absolute Gasteiger partial charge is 0.378 e. The minimum Gasteiger partial charge on any atom is -0.378 e. The number of morpholine rings is 1. The summed E-state index contributed by atoms with van der Waals surface area (Å²) in [5.74, 6) is 0.157. The highest BCUT2D eigenvalue weighted by Crippen LogP contribution is 2.12. The number of hydrogen-bond acceptors (Lipinski definition) is 4. The summed E-state index contributed by atoms with van der Waals surface area (Å²) in [4.78, 5) is 17.7. The fourth-order valence-electron chi connectivity index (χ4n) is 2.05. The molecule has 0 aromatic carbocycles. The van der Waals surface area contributed by atoms with Crippen molar-refractivity contribution in [3.63, 3.8) is 0 Å². The molecule has 2 heterocycles. The zero-order valence-corrected chi connectivity index (χ0v) is 11.3. The molecule has 1 aromatic rings. The average Bonchev–Trinajstić information content (AvgIpc) is 2.93. The molecule has 1 aliphatic heterocycles. The molecule has 8 heteroatoms. The minimum absolute atomic E-state index is 0.0524. The van der Waals surface area contributed by atoms with E-state index in [9.17, 15) is 13.6 Å². The van der Waals surface area contributed by atoms with Crippen LogP contribution in [0.5, 0.6) is 0 Å². The maximum atomic E-state index is 12.6. The fourth-order valence-corrected chi connectivity index (χ4v) is 2.05. The van der Waals surface area contributed by atoms with Crippen LogP contribution in [0.25, 0.3) is 0 Å². The first-order chi connectivity index (χ1) is 9.59. The van der Waals surface area contributed by atoms with Crippen molar-refractivity contribution in [1.82, 2.24) is 19.8 Å². The van der Waals surface area contributed by atoms with Crippen LogP contribution in [0.3, 0.4) is 0 Å². The van der Waals surface area contributed by atoms with Crippen LogP contribution in [0.4, 0.5) is 8.78 Å². The molecule has 20 heavy (non-hydrogen) atoms. The number of aromatic nitrogens is 2. The topological polar surface area (TPSA) is 59.4 Å². The zero-order chi connectivity index (χ0) is 14.5. The van der Waals surface area contributed by atoms with Crippen LogP contribution in [-0.2, 0) is 16.1 Å². The lowest BCUT2D eigenvalue weighted by Crippen LogP contribution is -2.49. The van der Waals surface area contributed by atoms with Gasteiger partial charge in [0.25, 0.3) is 0 Å². The second kappa shape index (κ2) is 6.76. The standard InChI is InChI=1S/C12H18F2N4O2/c1-9(11(19)17-4-6-20-7-5-17)16-8-10-15-2-3-18(10)12(13)14/h2-3,9,12,16H,4-8H2,1H3. The Morgan fingerprint density at radius 1 is 1.50 bits per heavy atom. The summed E-state index contributed by atoms with van der Waals surface area (Å²) in [5.41, 5.74) is 0. The van der Waals surface area contributed by atoms with Crippen molar-refractivity contribution < 1.29 is 18.3 Å². The second-order valence-electron chi connectivity index (χ2n) is 4.57. The fraction of sp³-hybridized carbons (Fsp3) is 0.667. The van der Waals surface area contributed by atoms with Gasteiger partial charge in [0.2, 0.25) is 5.91 Å². The molecule has 1 N–H and O–H groups in total. The number of nitrogens with one attached hydrogen (secondary N) is 1. The van der Waals surface area contributed by atoms with Crippen LogP contribution in [-0.4, -0.2) is 52.7 Å². The van der Waals surface area contributed by atoms with Crippen molar-refractivity contribution in [2.45, 2.75) is 26.1 Å². The van der Waals surface area contributed by atoms with E-state index in [0.29, 0.717) is 26.3 Å². The van der Waals surface area contributed by atoms with Crippen molar-refractivity contribution in [3.8, 4) is 0 Å². The first-order valence-electron chi connectivity index (χ1n) is 6.49. The van der Waals surface area contributed by atoms with E-state index in [1.807, 2.05) is 0 Å². The third kappa shape index (κ3) is 3.51. The van der Waals surface area contributed by atoms with Crippen LogP contribution < -0.4 is 5.32 Å². The van der Waals surface area contributed by atoms with E-state index >= 15 is 0 Å². The molecule has 1 fully saturated rings. The van der Waals surface area contributed by atoms with Gasteiger partial charge in [-0.15, -0.1) is 0 Å². The number of imidazole rings is 1. The number of carbonyl (C=O) groups excluding carboxylic acids is 1. The van der Waals surface area contributed by atoms with Crippen molar-refractivity contribution in [2.24, 2.45) is 0 Å². The van der Waals surface area contributed by atoms with Crippen LogP contribution in [0.15, 0.2) is 12.4 Å². The van der Waals surface area contributed by atoms with Crippen molar-refractivity contribution in [3.05, 3.63) is 18.2 Å². The molecule has 6 nitrogen and oxygen atoms in total. The normalized spacial score (nSPS) is 17.5. The lowest BCUT2D eigenvalue weighted by Gasteiger charge is -2.29. The number of rotatable bonds is 5. The predicted octanol–water partition coefficient (Wildman–Crippen LogP) is 0.615. The maximum absolute atomic E-state index is 12.6. The molecular weight excluding hydrogens is 270 g/mol. The molecule has 1 saturated heterocycles. The van der Waals surface area contributed by atoms with Gasteiger partial charge >= 0.3 is 6.55 Å². The smallest absolute Gasteiger partial charge is 0.319 e. The summed E-state index contributed by atoms with van der Waals surface area (Å²) in [6.07, 6.45) is 2.54. The predicted molar refractivity (Wildman–Crippen MR) is 67.2 cm³/mol. The van der Waals surface area contributed by atoms with Crippen LogP contribution in [0.2, 0.25) is 0 Å². The van der Waals surface area contributed by atoms with Gasteiger partial charge in [-0.05, 0) is 6.92 Å². The second-order valence-corrected chi connectivity index (χ2v) is 4.57. The molecule has 2 rings (SSSR count). The molecular formula is C12H18F2N4O2. The number of alkyl halides is 2. The molecule has 1 aliphatic rings. The summed E-state index contributed by atoms with van der Waals surface area (Å²) >= 11 is 0. The molecule has 0 aliphatic carbocycles. The number of carbonyl (C=O) groups is 1. The zero-order valence-electron chi connectivity index (χ0n) is 11.3. The number of ether oxygens (including phenoxy) is 1. The molecule has 112 valence electrons. The van der Waals surface area contributed by atoms with E-state index in [0.717, 1.165) is 4.57 Å². The first kappa shape index (κ1) is 14.9. The Hall–Kier alpha value is -1.54. The summed E-state index contributed by atoms with van der Waals surface area (Å²) in [5, 5.41) is 2.93. The molecule has 0 spiro atoms. The van der Waals surface area contributed by atoms with E-state index in [1.165, 1.54) is 12.4 Å². The highest BCUT2D eigenvalue weighted by molar-refractivity contribution is 5.81. The molecule has 0 radical (unpaired) electrons. The summed E-state index contributed by atoms with van der Waals surface area (Å²) < 4.78 is 31.2. The summed E-state index contributed by atoms with van der Waals surface area (Å²) in [6.45, 7) is 1.41. The van der Waals surface area contributed by atoms with E-state index < -0.39 is 12.6 Å². The van der Waals surface area contributed by atoms with Gasteiger partial charge in [-0.1, -0.05) is 0 Å². The van der Waals surface area contributed by atoms with Crippen molar-refractivity contribution in [2.75, 3.05) is 26.3 Å². The van der Waals surface area contributed by atoms with E-state index in [-0.39, 0.29) is 18.3 Å². The third-order valence-corrected chi connectivity index (χ3v) is 3.22. The lowest BCUT2D eigenvalue weighted by molar-refractivity contribution is -0.137. The number of halogens is 2. The van der Waals surface area contributed by atoms with Gasteiger partial charge in [-0.25, -0.2) is 4.98 Å². The molecule has 0 saturated carbocycles. The molecule has 0 bridgehead atoms. The van der Waals surface area contributed by atoms with Gasteiger partial charge < -0.3 is 9.64 Å². The molecule has 1 amide bonds. The Balaban J connectivity index is 1.86. The SMILES string of the molecule is CC(NCc1nccn1C(F)F)C(=O)N1CCOCC1. The summed E-state index contributed by atoms with van der Waals surface area (Å²) in [6, 6.07) is -0.448. The number of hydrogen-bond donors (Lipinski definition) is 1. The van der Waals surface area contributed by atoms with Crippen LogP contribution in [0, 0.1) is 0 Å². The molecule has 1 unspecified atom stereocenters. The Morgan fingerprint density at radius 2 is 2.20 bits per heavy atom. The third-order valence-electron chi connectivity index (χ3n) is 3.22. The van der Waals surface area contributed by atoms with Gasteiger partial charge in [-0.2, -0.15) is 8.78 Å². The minimum atomic E-state index is -2.63. The highest BCUT2D eigenvalue weighted by Gasteiger charge is 2.22. The highest BCUT2D eigenvalue weighted by atomic mass is 19.3. The Labute approximate surface area is 115 Å². The molecule has 1 aromatic heterocycles. The van der Waals surface area contributed by atoms with Crippen LogP contribution >= 0.6 is 0 Å². The summed E-state index contributed by atoms with van der Waals surface area (Å²) in [7, 11) is 0. The maximum Gasteiger partial charge on any atom is 0.319 e. The Bertz CT molecular complexity index is 446. The van der Waals surface area contributed by atoms with Crippen molar-refractivity contribution in [1.29, 1.82) is 0 Å². The number of nitrogens with zero attached hydrogens (tertiary/aromatic N) is 3.